The van der Waals surface area contributed by atoms with Crippen LogP contribution in [0.1, 0.15) is 21.5 Å². The van der Waals surface area contributed by atoms with Crippen molar-refractivity contribution >= 4 is 34.8 Å². The van der Waals surface area contributed by atoms with E-state index in [4.69, 9.17) is 37.4 Å². The van der Waals surface area contributed by atoms with Gasteiger partial charge < -0.3 is 19.5 Å². The van der Waals surface area contributed by atoms with Crippen LogP contribution >= 0.6 is 23.2 Å². The second-order valence-corrected chi connectivity index (χ2v) is 7.34. The van der Waals surface area contributed by atoms with Gasteiger partial charge in [0, 0.05) is 21.8 Å². The summed E-state index contributed by atoms with van der Waals surface area (Å²) in [5.41, 5.74) is 2.70. The Balaban J connectivity index is 1.76. The summed E-state index contributed by atoms with van der Waals surface area (Å²) >= 11 is 12.2. The number of halogens is 2. The summed E-state index contributed by atoms with van der Waals surface area (Å²) in [6.45, 7) is 2.14. The fraction of sp³-hybridized carbons (Fsp3) is 0.174. The average molecular weight is 446 g/mol. The number of aryl methyl sites for hydroxylation is 1. The second-order valence-electron chi connectivity index (χ2n) is 6.53. The van der Waals surface area contributed by atoms with Gasteiger partial charge in [0.1, 0.15) is 23.9 Å². The Morgan fingerprint density at radius 1 is 0.900 bits per heavy atom. The molecule has 0 aromatic heterocycles. The van der Waals surface area contributed by atoms with E-state index in [9.17, 15) is 4.79 Å². The van der Waals surface area contributed by atoms with E-state index in [0.29, 0.717) is 38.5 Å². The lowest BCUT2D eigenvalue weighted by molar-refractivity contribution is 0.102. The maximum atomic E-state index is 12.7. The summed E-state index contributed by atoms with van der Waals surface area (Å²) in [6, 6.07) is 15.7. The highest BCUT2D eigenvalue weighted by molar-refractivity contribution is 6.32. The van der Waals surface area contributed by atoms with Gasteiger partial charge in [-0.3, -0.25) is 4.79 Å². The van der Waals surface area contributed by atoms with Gasteiger partial charge in [-0.05, 0) is 67.1 Å². The number of anilines is 1. The number of hydrogen-bond donors (Lipinski definition) is 1. The summed E-state index contributed by atoms with van der Waals surface area (Å²) in [4.78, 5) is 12.7. The van der Waals surface area contributed by atoms with Gasteiger partial charge in [-0.2, -0.15) is 0 Å². The molecule has 0 saturated carbocycles. The van der Waals surface area contributed by atoms with Crippen LogP contribution in [0.4, 0.5) is 5.69 Å². The lowest BCUT2D eigenvalue weighted by Gasteiger charge is -2.13. The molecule has 0 fully saturated rings. The molecule has 7 heteroatoms. The van der Waals surface area contributed by atoms with Crippen LogP contribution in [-0.4, -0.2) is 20.1 Å². The van der Waals surface area contributed by atoms with E-state index < -0.39 is 0 Å². The Kier molecular flexibility index (Phi) is 7.08. The van der Waals surface area contributed by atoms with Crippen molar-refractivity contribution in [3.05, 3.63) is 81.3 Å². The highest BCUT2D eigenvalue weighted by Gasteiger charge is 2.13. The molecule has 0 spiro atoms. The quantitative estimate of drug-likeness (QED) is 0.473. The molecule has 30 heavy (non-hydrogen) atoms. The van der Waals surface area contributed by atoms with E-state index in [-0.39, 0.29) is 12.5 Å². The zero-order valence-electron chi connectivity index (χ0n) is 16.8. The first-order valence-electron chi connectivity index (χ1n) is 9.12. The van der Waals surface area contributed by atoms with Gasteiger partial charge >= 0.3 is 0 Å². The lowest BCUT2D eigenvalue weighted by atomic mass is 10.1. The molecule has 0 bridgehead atoms. The lowest BCUT2D eigenvalue weighted by Crippen LogP contribution is -2.13. The third-order valence-electron chi connectivity index (χ3n) is 4.48. The minimum Gasteiger partial charge on any atom is -0.496 e. The van der Waals surface area contributed by atoms with E-state index in [2.05, 4.69) is 5.32 Å². The van der Waals surface area contributed by atoms with Crippen molar-refractivity contribution in [2.24, 2.45) is 0 Å². The summed E-state index contributed by atoms with van der Waals surface area (Å²) in [6.07, 6.45) is 0. The molecule has 0 aliphatic carbocycles. The largest absolute Gasteiger partial charge is 0.496 e. The Morgan fingerprint density at radius 3 is 2.30 bits per heavy atom. The normalized spacial score (nSPS) is 10.4. The monoisotopic (exact) mass is 445 g/mol. The molecule has 156 valence electrons. The number of carbonyl (C=O) groups is 1. The highest BCUT2D eigenvalue weighted by atomic mass is 35.5. The molecule has 0 saturated heterocycles. The van der Waals surface area contributed by atoms with Crippen LogP contribution in [0.25, 0.3) is 0 Å². The molecule has 0 heterocycles. The fourth-order valence-electron chi connectivity index (χ4n) is 2.85. The number of methoxy groups -OCH3 is 2. The molecule has 3 aromatic carbocycles. The smallest absolute Gasteiger partial charge is 0.255 e. The Hall–Kier alpha value is -2.89. The van der Waals surface area contributed by atoms with Crippen LogP contribution in [-0.2, 0) is 6.61 Å². The molecule has 3 rings (SSSR count). The van der Waals surface area contributed by atoms with Crippen LogP contribution in [0.3, 0.4) is 0 Å². The molecule has 1 N–H and O–H groups in total. The minimum atomic E-state index is -0.275. The number of ether oxygens (including phenoxy) is 3. The Labute approximate surface area is 185 Å². The van der Waals surface area contributed by atoms with Crippen molar-refractivity contribution < 1.29 is 19.0 Å². The van der Waals surface area contributed by atoms with Crippen molar-refractivity contribution in [3.63, 3.8) is 0 Å². The van der Waals surface area contributed by atoms with E-state index in [1.165, 1.54) is 7.11 Å². The first kappa shape index (κ1) is 21.8. The van der Waals surface area contributed by atoms with Crippen molar-refractivity contribution in [2.75, 3.05) is 19.5 Å². The predicted molar refractivity (Wildman–Crippen MR) is 119 cm³/mol. The second kappa shape index (κ2) is 9.74. The van der Waals surface area contributed by atoms with Gasteiger partial charge in [-0.15, -0.1) is 0 Å². The van der Waals surface area contributed by atoms with Gasteiger partial charge in [-0.1, -0.05) is 23.2 Å². The maximum Gasteiger partial charge on any atom is 0.255 e. The van der Waals surface area contributed by atoms with Gasteiger partial charge in [0.2, 0.25) is 0 Å². The molecular weight excluding hydrogens is 425 g/mol. The minimum absolute atomic E-state index is 0.236. The number of amides is 1. The molecule has 0 aliphatic rings. The van der Waals surface area contributed by atoms with Gasteiger partial charge in [-0.25, -0.2) is 0 Å². The standard InChI is InChI=1S/C23H21Cl2NO4/c1-14-10-18(6-7-19(14)24)30-13-16-11-15(4-8-21(16)28-2)23(27)26-17-5-9-22(29-3)20(25)12-17/h4-12H,13H2,1-3H3,(H,26,27). The van der Waals surface area contributed by atoms with Crippen LogP contribution in [0.5, 0.6) is 17.2 Å². The third kappa shape index (κ3) is 5.17. The van der Waals surface area contributed by atoms with Gasteiger partial charge in [0.15, 0.2) is 0 Å². The summed E-state index contributed by atoms with van der Waals surface area (Å²) in [5.74, 6) is 1.57. The summed E-state index contributed by atoms with van der Waals surface area (Å²) < 4.78 is 16.4. The van der Waals surface area contributed by atoms with E-state index >= 15 is 0 Å². The Morgan fingerprint density at radius 2 is 1.63 bits per heavy atom. The summed E-state index contributed by atoms with van der Waals surface area (Å²) in [7, 11) is 3.11. The van der Waals surface area contributed by atoms with E-state index in [1.807, 2.05) is 13.0 Å². The number of carbonyl (C=O) groups excluding carboxylic acids is 1. The van der Waals surface area contributed by atoms with Crippen molar-refractivity contribution in [3.8, 4) is 17.2 Å². The summed E-state index contributed by atoms with van der Waals surface area (Å²) in [5, 5.41) is 3.92. The molecule has 5 nitrogen and oxygen atoms in total. The van der Waals surface area contributed by atoms with Crippen LogP contribution in [0.15, 0.2) is 54.6 Å². The first-order chi connectivity index (χ1) is 14.4. The zero-order chi connectivity index (χ0) is 21.7. The molecule has 0 unspecified atom stereocenters. The maximum absolute atomic E-state index is 12.7. The molecular formula is C23H21Cl2NO4. The van der Waals surface area contributed by atoms with Gasteiger partial charge in [0.25, 0.3) is 5.91 Å². The number of nitrogens with one attached hydrogen (secondary N) is 1. The molecule has 0 aliphatic heterocycles. The number of hydrogen-bond acceptors (Lipinski definition) is 4. The van der Waals surface area contributed by atoms with Crippen molar-refractivity contribution in [1.29, 1.82) is 0 Å². The highest BCUT2D eigenvalue weighted by Crippen LogP contribution is 2.28. The zero-order valence-corrected chi connectivity index (χ0v) is 18.3. The number of benzene rings is 3. The van der Waals surface area contributed by atoms with Crippen LogP contribution < -0.4 is 19.5 Å². The van der Waals surface area contributed by atoms with Crippen molar-refractivity contribution in [2.45, 2.75) is 13.5 Å². The third-order valence-corrected chi connectivity index (χ3v) is 5.20. The van der Waals surface area contributed by atoms with Crippen LogP contribution in [0.2, 0.25) is 10.0 Å². The van der Waals surface area contributed by atoms with Crippen LogP contribution in [0, 0.1) is 6.92 Å². The molecule has 0 atom stereocenters. The van der Waals surface area contributed by atoms with Crippen molar-refractivity contribution in [1.82, 2.24) is 0 Å². The fourth-order valence-corrected chi connectivity index (χ4v) is 3.22. The SMILES string of the molecule is COc1ccc(NC(=O)c2ccc(OC)c(COc3ccc(Cl)c(C)c3)c2)cc1Cl. The van der Waals surface area contributed by atoms with Gasteiger partial charge in [0.05, 0.1) is 19.2 Å². The molecule has 3 aromatic rings. The van der Waals surface area contributed by atoms with E-state index in [0.717, 1.165) is 11.1 Å². The predicted octanol–water partition coefficient (Wildman–Crippen LogP) is 6.15. The Bertz CT molecular complexity index is 1070. The molecule has 0 radical (unpaired) electrons. The average Bonchev–Trinajstić information content (AvgIpc) is 2.74. The molecule has 1 amide bonds. The topological polar surface area (TPSA) is 56.8 Å². The first-order valence-corrected chi connectivity index (χ1v) is 9.87. The number of rotatable bonds is 7. The van der Waals surface area contributed by atoms with E-state index in [1.54, 1.807) is 55.6 Å².